The molecule has 0 aliphatic heterocycles. The minimum Gasteiger partial charge on any atom is -0.489 e. The van der Waals surface area contributed by atoms with Crippen LogP contribution >= 0.6 is 11.3 Å². The Morgan fingerprint density at radius 2 is 1.88 bits per heavy atom. The topological polar surface area (TPSA) is 9.23 Å². The Kier molecular flexibility index (Phi) is 4.82. The molecule has 0 saturated heterocycles. The van der Waals surface area contributed by atoms with Gasteiger partial charge in [-0.15, -0.1) is 11.3 Å². The van der Waals surface area contributed by atoms with Gasteiger partial charge in [-0.3, -0.25) is 0 Å². The number of aryl methyl sites for hydroxylation is 3. The quantitative estimate of drug-likeness (QED) is 0.472. The van der Waals surface area contributed by atoms with E-state index in [0.717, 1.165) is 5.75 Å². The van der Waals surface area contributed by atoms with Crippen molar-refractivity contribution in [2.75, 3.05) is 6.61 Å². The van der Waals surface area contributed by atoms with Crippen molar-refractivity contribution in [3.05, 3.63) is 62.9 Å². The Bertz CT molecular complexity index is 857. The van der Waals surface area contributed by atoms with E-state index in [1.165, 1.54) is 32.3 Å². The molecule has 0 N–H and O–H groups in total. The zero-order valence-electron chi connectivity index (χ0n) is 16.2. The van der Waals surface area contributed by atoms with Crippen molar-refractivity contribution in [2.45, 2.75) is 46.3 Å². The lowest BCUT2D eigenvalue weighted by Crippen LogP contribution is -2.48. The summed E-state index contributed by atoms with van der Waals surface area (Å²) < 4.78 is 6.15. The molecule has 132 valence electrons. The second kappa shape index (κ2) is 6.62. The highest BCUT2D eigenvalue weighted by molar-refractivity contribution is 7.13. The van der Waals surface area contributed by atoms with Gasteiger partial charge in [-0.05, 0) is 50.1 Å². The molecule has 0 radical (unpaired) electrons. The van der Waals surface area contributed by atoms with Gasteiger partial charge in [-0.2, -0.15) is 0 Å². The van der Waals surface area contributed by atoms with Crippen LogP contribution in [0.1, 0.15) is 38.9 Å². The third kappa shape index (κ3) is 3.16. The lowest BCUT2D eigenvalue weighted by atomic mass is 10.1. The Labute approximate surface area is 157 Å². The highest BCUT2D eigenvalue weighted by Crippen LogP contribution is 2.46. The largest absolute Gasteiger partial charge is 0.489 e. The Morgan fingerprint density at radius 3 is 2.56 bits per heavy atom. The number of fused-ring (bicyclic) bond motifs is 1. The summed E-state index contributed by atoms with van der Waals surface area (Å²) in [6, 6.07) is 6.93. The molecule has 2 aromatic rings. The van der Waals surface area contributed by atoms with Crippen LogP contribution in [0, 0.1) is 20.8 Å². The molecule has 3 heteroatoms. The summed E-state index contributed by atoms with van der Waals surface area (Å²) in [6.07, 6.45) is 4.23. The lowest BCUT2D eigenvalue weighted by Gasteiger charge is -2.34. The van der Waals surface area contributed by atoms with Crippen molar-refractivity contribution in [3.8, 4) is 5.75 Å². The Morgan fingerprint density at radius 1 is 1.16 bits per heavy atom. The molecule has 1 aromatic heterocycles. The minimum absolute atomic E-state index is 0.536. The first-order valence-corrected chi connectivity index (χ1v) is 12.8. The van der Waals surface area contributed by atoms with Crippen LogP contribution in [0.15, 0.2) is 36.4 Å². The molecule has 3 rings (SSSR count). The summed E-state index contributed by atoms with van der Waals surface area (Å²) in [5.74, 6) is 1.08. The zero-order chi connectivity index (χ0) is 18.4. The van der Waals surface area contributed by atoms with Gasteiger partial charge in [0.2, 0.25) is 0 Å². The SMILES string of the molecule is C=CCOc1c(C)cc(C)cc1[Si](C)(C)C1C(C)=Cc2cc(C)sc21. The lowest BCUT2D eigenvalue weighted by molar-refractivity contribution is 0.363. The number of hydrogen-bond acceptors (Lipinski definition) is 2. The Balaban J connectivity index is 2.14. The number of ether oxygens (including phenoxy) is 1. The third-order valence-corrected chi connectivity index (χ3v) is 10.5. The fourth-order valence-corrected chi connectivity index (χ4v) is 10.2. The van der Waals surface area contributed by atoms with E-state index in [1.807, 2.05) is 17.4 Å². The molecule has 1 heterocycles. The maximum absolute atomic E-state index is 6.15. The maximum Gasteiger partial charge on any atom is 0.121 e. The van der Waals surface area contributed by atoms with Crippen molar-refractivity contribution < 1.29 is 4.74 Å². The number of rotatable bonds is 5. The molecule has 1 nitrogen and oxygen atoms in total. The standard InChI is InChI=1S/C22H28OSSi/c1-8-9-23-20-15(3)10-14(2)11-19(20)25(6,7)22-16(4)12-18-13-17(5)24-21(18)22/h8,10-13,22H,1,9H2,2-7H3. The first-order valence-electron chi connectivity index (χ1n) is 8.89. The van der Waals surface area contributed by atoms with E-state index in [4.69, 9.17) is 4.74 Å². The van der Waals surface area contributed by atoms with Crippen LogP contribution in [0.3, 0.4) is 0 Å². The fraction of sp³-hybridized carbons (Fsp3) is 0.364. The molecule has 0 saturated carbocycles. The van der Waals surface area contributed by atoms with Crippen LogP contribution in [0.2, 0.25) is 13.1 Å². The molecule has 0 amide bonds. The monoisotopic (exact) mass is 368 g/mol. The summed E-state index contributed by atoms with van der Waals surface area (Å²) in [7, 11) is -1.82. The molecule has 0 fully saturated rings. The molecule has 1 aliphatic carbocycles. The summed E-state index contributed by atoms with van der Waals surface area (Å²) in [5.41, 5.74) is 6.03. The van der Waals surface area contributed by atoms with Gasteiger partial charge >= 0.3 is 0 Å². The normalized spacial score (nSPS) is 16.6. The van der Waals surface area contributed by atoms with E-state index >= 15 is 0 Å². The van der Waals surface area contributed by atoms with Crippen LogP contribution in [-0.4, -0.2) is 14.7 Å². The summed E-state index contributed by atoms with van der Waals surface area (Å²) in [5, 5.41) is 1.43. The van der Waals surface area contributed by atoms with Gasteiger partial charge in [0.25, 0.3) is 0 Å². The van der Waals surface area contributed by atoms with Crippen LogP contribution < -0.4 is 9.92 Å². The van der Waals surface area contributed by atoms with Crippen LogP contribution in [-0.2, 0) is 0 Å². The highest BCUT2D eigenvalue weighted by Gasteiger charge is 2.42. The first kappa shape index (κ1) is 18.2. The van der Waals surface area contributed by atoms with Crippen LogP contribution in [0.4, 0.5) is 0 Å². The van der Waals surface area contributed by atoms with Gasteiger partial charge in [0.1, 0.15) is 12.4 Å². The first-order chi connectivity index (χ1) is 11.8. The molecule has 25 heavy (non-hydrogen) atoms. The average molecular weight is 369 g/mol. The molecule has 0 spiro atoms. The smallest absolute Gasteiger partial charge is 0.121 e. The highest BCUT2D eigenvalue weighted by atomic mass is 32.1. The van der Waals surface area contributed by atoms with Crippen LogP contribution in [0.25, 0.3) is 6.08 Å². The molecular weight excluding hydrogens is 340 g/mol. The summed E-state index contributed by atoms with van der Waals surface area (Å²) >= 11 is 1.97. The minimum atomic E-state index is -1.82. The van der Waals surface area contributed by atoms with E-state index in [1.54, 1.807) is 4.88 Å². The second-order valence-corrected chi connectivity index (χ2v) is 13.6. The van der Waals surface area contributed by atoms with Gasteiger partial charge in [-0.25, -0.2) is 0 Å². The van der Waals surface area contributed by atoms with Crippen molar-refractivity contribution in [3.63, 3.8) is 0 Å². The maximum atomic E-state index is 6.15. The van der Waals surface area contributed by atoms with Crippen molar-refractivity contribution in [1.82, 2.24) is 0 Å². The predicted octanol–water partition coefficient (Wildman–Crippen LogP) is 5.89. The number of hydrogen-bond donors (Lipinski definition) is 0. The number of benzene rings is 1. The number of thiophene rings is 1. The van der Waals surface area contributed by atoms with Crippen LogP contribution in [0.5, 0.6) is 5.75 Å². The van der Waals surface area contributed by atoms with E-state index in [2.05, 4.69) is 71.6 Å². The average Bonchev–Trinajstić information content (AvgIpc) is 2.99. The van der Waals surface area contributed by atoms with Crippen molar-refractivity contribution >= 4 is 30.7 Å². The van der Waals surface area contributed by atoms with E-state index in [0.29, 0.717) is 12.1 Å². The van der Waals surface area contributed by atoms with Crippen molar-refractivity contribution in [1.29, 1.82) is 0 Å². The molecule has 1 aromatic carbocycles. The van der Waals surface area contributed by atoms with E-state index < -0.39 is 8.07 Å². The second-order valence-electron chi connectivity index (χ2n) is 7.78. The van der Waals surface area contributed by atoms with Crippen molar-refractivity contribution in [2.24, 2.45) is 0 Å². The fourth-order valence-electron chi connectivity index (χ4n) is 4.24. The summed E-state index contributed by atoms with van der Waals surface area (Å²) in [4.78, 5) is 2.97. The van der Waals surface area contributed by atoms with E-state index in [9.17, 15) is 0 Å². The molecule has 1 aliphatic rings. The summed E-state index contributed by atoms with van der Waals surface area (Å²) in [6.45, 7) is 18.2. The van der Waals surface area contributed by atoms with Gasteiger partial charge in [0.05, 0.1) is 8.07 Å². The van der Waals surface area contributed by atoms with Gasteiger partial charge in [0, 0.05) is 15.3 Å². The zero-order valence-corrected chi connectivity index (χ0v) is 18.0. The van der Waals surface area contributed by atoms with Gasteiger partial charge in [0.15, 0.2) is 0 Å². The van der Waals surface area contributed by atoms with Gasteiger partial charge in [-0.1, -0.05) is 55.1 Å². The van der Waals surface area contributed by atoms with Gasteiger partial charge < -0.3 is 4.74 Å². The number of allylic oxidation sites excluding steroid dienone is 1. The Hall–Kier alpha value is -1.58. The molecule has 1 atom stereocenters. The molecule has 1 unspecified atom stereocenters. The predicted molar refractivity (Wildman–Crippen MR) is 114 cm³/mol. The third-order valence-electron chi connectivity index (χ3n) is 5.20. The molecule has 0 bridgehead atoms. The molecular formula is C22H28OSSi. The van der Waals surface area contributed by atoms with E-state index in [-0.39, 0.29) is 0 Å².